The molecule has 4 rings (SSSR count). The molecule has 0 spiro atoms. The lowest BCUT2D eigenvalue weighted by Gasteiger charge is -2.23. The molecule has 0 bridgehead atoms. The van der Waals surface area contributed by atoms with Crippen LogP contribution in [0.15, 0.2) is 72.8 Å². The van der Waals surface area contributed by atoms with Crippen molar-refractivity contribution in [3.8, 4) is 0 Å². The number of amides is 3. The number of aryl methyl sites for hydroxylation is 1. The van der Waals surface area contributed by atoms with Crippen molar-refractivity contribution in [2.75, 3.05) is 16.8 Å². The van der Waals surface area contributed by atoms with Crippen molar-refractivity contribution in [2.45, 2.75) is 25.8 Å². The van der Waals surface area contributed by atoms with Crippen molar-refractivity contribution in [2.24, 2.45) is 0 Å². The van der Waals surface area contributed by atoms with E-state index < -0.39 is 0 Å². The molecule has 0 unspecified atom stereocenters. The van der Waals surface area contributed by atoms with Crippen LogP contribution in [0.3, 0.4) is 0 Å². The Balaban J connectivity index is 1.44. The highest BCUT2D eigenvalue weighted by Crippen LogP contribution is 2.27. The van der Waals surface area contributed by atoms with Crippen LogP contribution >= 0.6 is 0 Å². The molecule has 1 aliphatic rings. The fraction of sp³-hybridized carbons (Fsp3) is 0.200. The highest BCUT2D eigenvalue weighted by Gasteiger charge is 2.21. The van der Waals surface area contributed by atoms with E-state index in [-0.39, 0.29) is 24.3 Å². The quantitative estimate of drug-likeness (QED) is 0.618. The molecular formula is C25H24FN3O2. The van der Waals surface area contributed by atoms with E-state index in [9.17, 15) is 14.0 Å². The number of carbonyl (C=O) groups is 2. The molecule has 0 atom stereocenters. The second-order valence-corrected chi connectivity index (χ2v) is 7.52. The smallest absolute Gasteiger partial charge is 0.326 e. The van der Waals surface area contributed by atoms with Crippen molar-refractivity contribution >= 4 is 23.3 Å². The minimum Gasteiger partial charge on any atom is -0.348 e. The van der Waals surface area contributed by atoms with Gasteiger partial charge in [-0.2, -0.15) is 0 Å². The largest absolute Gasteiger partial charge is 0.348 e. The first-order chi connectivity index (χ1) is 15.1. The number of anilines is 2. The lowest BCUT2D eigenvalue weighted by atomic mass is 10.1. The van der Waals surface area contributed by atoms with Crippen molar-refractivity contribution in [3.63, 3.8) is 0 Å². The lowest BCUT2D eigenvalue weighted by Crippen LogP contribution is -2.35. The van der Waals surface area contributed by atoms with Gasteiger partial charge in [-0.3, -0.25) is 9.69 Å². The Bertz CT molecular complexity index is 1100. The molecule has 0 aliphatic carbocycles. The van der Waals surface area contributed by atoms with Gasteiger partial charge in [-0.1, -0.05) is 42.5 Å². The van der Waals surface area contributed by atoms with Crippen LogP contribution in [-0.2, 0) is 13.0 Å². The van der Waals surface area contributed by atoms with E-state index in [2.05, 4.69) is 16.7 Å². The predicted octanol–water partition coefficient (Wildman–Crippen LogP) is 5.13. The van der Waals surface area contributed by atoms with E-state index >= 15 is 0 Å². The molecule has 2 N–H and O–H groups in total. The number of nitrogens with zero attached hydrogens (tertiary/aromatic N) is 1. The number of halogens is 1. The molecule has 0 radical (unpaired) electrons. The van der Waals surface area contributed by atoms with Crippen molar-refractivity contribution in [3.05, 3.63) is 95.3 Å². The number of nitrogens with one attached hydrogen (secondary N) is 2. The van der Waals surface area contributed by atoms with E-state index in [0.29, 0.717) is 23.4 Å². The molecule has 0 saturated heterocycles. The summed E-state index contributed by atoms with van der Waals surface area (Å²) in [5, 5.41) is 5.62. The Morgan fingerprint density at radius 3 is 2.61 bits per heavy atom. The number of fused-ring (bicyclic) bond motifs is 1. The molecule has 3 aromatic rings. The molecule has 3 aromatic carbocycles. The van der Waals surface area contributed by atoms with Crippen molar-refractivity contribution in [1.82, 2.24) is 5.32 Å². The first kappa shape index (κ1) is 20.6. The van der Waals surface area contributed by atoms with Crippen LogP contribution < -0.4 is 15.5 Å². The van der Waals surface area contributed by atoms with Gasteiger partial charge in [0.2, 0.25) is 0 Å². The average Bonchev–Trinajstić information content (AvgIpc) is 3.01. The van der Waals surface area contributed by atoms with Gasteiger partial charge in [0.05, 0.1) is 0 Å². The van der Waals surface area contributed by atoms with E-state index in [4.69, 9.17) is 0 Å². The van der Waals surface area contributed by atoms with Gasteiger partial charge in [-0.05, 0) is 55.2 Å². The molecule has 0 saturated carbocycles. The summed E-state index contributed by atoms with van der Waals surface area (Å²) in [4.78, 5) is 27.3. The Morgan fingerprint density at radius 2 is 1.74 bits per heavy atom. The summed E-state index contributed by atoms with van der Waals surface area (Å²) in [6, 6.07) is 20.8. The molecule has 0 fully saturated rings. The number of para-hydroxylation sites is 1. The first-order valence-corrected chi connectivity index (χ1v) is 10.4. The van der Waals surface area contributed by atoms with Gasteiger partial charge < -0.3 is 10.6 Å². The molecule has 158 valence electrons. The summed E-state index contributed by atoms with van der Waals surface area (Å²) < 4.78 is 13.8. The zero-order valence-corrected chi connectivity index (χ0v) is 17.1. The lowest BCUT2D eigenvalue weighted by molar-refractivity contribution is 0.0950. The fourth-order valence-corrected chi connectivity index (χ4v) is 3.75. The Hall–Kier alpha value is -3.67. The second kappa shape index (κ2) is 9.43. The van der Waals surface area contributed by atoms with Gasteiger partial charge >= 0.3 is 6.03 Å². The molecule has 31 heavy (non-hydrogen) atoms. The normalized spacial score (nSPS) is 13.1. The van der Waals surface area contributed by atoms with E-state index in [1.165, 1.54) is 6.07 Å². The summed E-state index contributed by atoms with van der Waals surface area (Å²) in [5.74, 6) is -0.694. The highest BCUT2D eigenvalue weighted by atomic mass is 19.1. The van der Waals surface area contributed by atoms with Gasteiger partial charge in [0.15, 0.2) is 0 Å². The molecule has 1 heterocycles. The maximum absolute atomic E-state index is 13.8. The molecule has 1 aliphatic heterocycles. The van der Waals surface area contributed by atoms with Crippen LogP contribution in [0.1, 0.15) is 34.3 Å². The zero-order chi connectivity index (χ0) is 21.6. The third kappa shape index (κ3) is 4.91. The standard InChI is InChI=1S/C25H24FN3O2/c26-22-13-3-1-10-20(22)17-27-24(30)19-11-7-12-21(16-19)28-25(31)29-15-6-5-9-18-8-2-4-14-23(18)29/h1-4,7-8,10-14,16H,5-6,9,15,17H2,(H,27,30)(H,28,31). The molecular weight excluding hydrogens is 393 g/mol. The van der Waals surface area contributed by atoms with Crippen LogP contribution in [0.4, 0.5) is 20.6 Å². The molecule has 5 nitrogen and oxygen atoms in total. The van der Waals surface area contributed by atoms with Crippen LogP contribution in [0.2, 0.25) is 0 Å². The summed E-state index contributed by atoms with van der Waals surface area (Å²) in [6.45, 7) is 0.734. The maximum atomic E-state index is 13.8. The number of urea groups is 1. The minimum absolute atomic E-state index is 0.0899. The summed E-state index contributed by atoms with van der Waals surface area (Å²) in [5.41, 5.74) is 3.43. The van der Waals surface area contributed by atoms with Gasteiger partial charge in [0, 0.05) is 35.6 Å². The summed E-state index contributed by atoms with van der Waals surface area (Å²) in [7, 11) is 0. The van der Waals surface area contributed by atoms with Gasteiger partial charge in [0.1, 0.15) is 5.82 Å². The Morgan fingerprint density at radius 1 is 0.935 bits per heavy atom. The van der Waals surface area contributed by atoms with Crippen molar-refractivity contribution in [1.29, 1.82) is 0 Å². The molecule has 6 heteroatoms. The Kier molecular flexibility index (Phi) is 6.26. The number of benzene rings is 3. The average molecular weight is 417 g/mol. The van der Waals surface area contributed by atoms with E-state index in [1.54, 1.807) is 47.4 Å². The number of hydrogen-bond acceptors (Lipinski definition) is 2. The fourth-order valence-electron chi connectivity index (χ4n) is 3.75. The maximum Gasteiger partial charge on any atom is 0.326 e. The number of rotatable bonds is 4. The second-order valence-electron chi connectivity index (χ2n) is 7.52. The third-order valence-electron chi connectivity index (χ3n) is 5.38. The van der Waals surface area contributed by atoms with Gasteiger partial charge in [0.25, 0.3) is 5.91 Å². The molecule has 0 aromatic heterocycles. The highest BCUT2D eigenvalue weighted by molar-refractivity contribution is 6.03. The number of carbonyl (C=O) groups excluding carboxylic acids is 2. The van der Waals surface area contributed by atoms with Crippen LogP contribution in [-0.4, -0.2) is 18.5 Å². The van der Waals surface area contributed by atoms with E-state index in [1.807, 2.05) is 18.2 Å². The minimum atomic E-state index is -0.360. The van der Waals surface area contributed by atoms with Gasteiger partial charge in [-0.25, -0.2) is 9.18 Å². The Labute approximate surface area is 180 Å². The summed E-state index contributed by atoms with van der Waals surface area (Å²) in [6.07, 6.45) is 2.93. The topological polar surface area (TPSA) is 61.4 Å². The van der Waals surface area contributed by atoms with E-state index in [0.717, 1.165) is 30.5 Å². The summed E-state index contributed by atoms with van der Waals surface area (Å²) >= 11 is 0. The van der Waals surface area contributed by atoms with Gasteiger partial charge in [-0.15, -0.1) is 0 Å². The number of hydrogen-bond donors (Lipinski definition) is 2. The third-order valence-corrected chi connectivity index (χ3v) is 5.38. The SMILES string of the molecule is O=C(NCc1ccccc1F)c1cccc(NC(=O)N2CCCCc3ccccc32)c1. The molecule has 3 amide bonds. The van der Waals surface area contributed by atoms with Crippen molar-refractivity contribution < 1.29 is 14.0 Å². The first-order valence-electron chi connectivity index (χ1n) is 10.4. The monoisotopic (exact) mass is 417 g/mol. The van der Waals surface area contributed by atoms with Crippen LogP contribution in [0.5, 0.6) is 0 Å². The zero-order valence-electron chi connectivity index (χ0n) is 17.1. The van der Waals surface area contributed by atoms with Crippen LogP contribution in [0.25, 0.3) is 0 Å². The predicted molar refractivity (Wildman–Crippen MR) is 120 cm³/mol. The van der Waals surface area contributed by atoms with Crippen LogP contribution in [0, 0.1) is 5.82 Å².